The van der Waals surface area contributed by atoms with Crippen molar-refractivity contribution in [2.24, 2.45) is 0 Å². The molecule has 0 fully saturated rings. The van der Waals surface area contributed by atoms with Gasteiger partial charge in [0.25, 0.3) is 0 Å². The third-order valence-electron chi connectivity index (χ3n) is 4.31. The number of hydrogen-bond donors (Lipinski definition) is 1. The lowest BCUT2D eigenvalue weighted by atomic mass is 9.90. The second-order valence-electron chi connectivity index (χ2n) is 6.01. The van der Waals surface area contributed by atoms with Crippen molar-refractivity contribution in [1.29, 1.82) is 0 Å². The summed E-state index contributed by atoms with van der Waals surface area (Å²) in [5.74, 6) is 0.862. The van der Waals surface area contributed by atoms with Crippen LogP contribution >= 0.6 is 0 Å². The number of oxazole rings is 1. The van der Waals surface area contributed by atoms with Crippen molar-refractivity contribution in [3.8, 4) is 11.5 Å². The van der Waals surface area contributed by atoms with E-state index in [-0.39, 0.29) is 5.78 Å². The molecule has 120 valence electrons. The topological polar surface area (TPSA) is 55.1 Å². The molecule has 4 rings (SSSR count). The van der Waals surface area contributed by atoms with E-state index in [0.29, 0.717) is 18.9 Å². The van der Waals surface area contributed by atoms with Gasteiger partial charge in [-0.3, -0.25) is 4.79 Å². The Morgan fingerprint density at radius 2 is 1.96 bits per heavy atom. The van der Waals surface area contributed by atoms with Gasteiger partial charge in [-0.25, -0.2) is 4.98 Å². The van der Waals surface area contributed by atoms with E-state index in [0.717, 1.165) is 40.9 Å². The summed E-state index contributed by atoms with van der Waals surface area (Å²) in [4.78, 5) is 16.5. The van der Waals surface area contributed by atoms with Crippen LogP contribution in [0.3, 0.4) is 0 Å². The van der Waals surface area contributed by atoms with Crippen LogP contribution in [-0.2, 0) is 13.0 Å². The number of hydrogen-bond acceptors (Lipinski definition) is 4. The van der Waals surface area contributed by atoms with Gasteiger partial charge in [-0.1, -0.05) is 24.3 Å². The summed E-state index contributed by atoms with van der Waals surface area (Å²) in [7, 11) is 0. The van der Waals surface area contributed by atoms with Gasteiger partial charge in [0.1, 0.15) is 6.26 Å². The minimum Gasteiger partial charge on any atom is -0.444 e. The van der Waals surface area contributed by atoms with Crippen molar-refractivity contribution in [3.63, 3.8) is 0 Å². The molecule has 0 saturated heterocycles. The lowest BCUT2D eigenvalue weighted by molar-refractivity contribution is 0.0972. The summed E-state index contributed by atoms with van der Waals surface area (Å²) in [6.45, 7) is 0.559. The highest BCUT2D eigenvalue weighted by atomic mass is 16.3. The number of anilines is 1. The predicted octanol–water partition coefficient (Wildman–Crippen LogP) is 4.47. The summed E-state index contributed by atoms with van der Waals surface area (Å²) in [6.07, 6.45) is 4.27. The van der Waals surface area contributed by atoms with Crippen molar-refractivity contribution >= 4 is 11.5 Å². The molecule has 1 heterocycles. The molecule has 3 aromatic rings. The molecule has 0 unspecified atom stereocenters. The number of aryl methyl sites for hydroxylation is 1. The standard InChI is InChI=1S/C20H18N2O2/c23-19-8-4-7-14-9-10-16(11-18(14)19)21-12-17-13-24-20(22-17)15-5-2-1-3-6-15/h1-3,5-6,9-11,13,21H,4,7-8,12H2. The smallest absolute Gasteiger partial charge is 0.226 e. The lowest BCUT2D eigenvalue weighted by Crippen LogP contribution is -2.11. The molecular formula is C20H18N2O2. The fraction of sp³-hybridized carbons (Fsp3) is 0.200. The number of aromatic nitrogens is 1. The summed E-state index contributed by atoms with van der Waals surface area (Å²) in [5, 5.41) is 3.32. The third kappa shape index (κ3) is 2.95. The highest BCUT2D eigenvalue weighted by Crippen LogP contribution is 2.25. The normalized spacial score (nSPS) is 13.6. The monoisotopic (exact) mass is 318 g/mol. The van der Waals surface area contributed by atoms with Gasteiger partial charge in [-0.2, -0.15) is 0 Å². The van der Waals surface area contributed by atoms with E-state index in [4.69, 9.17) is 4.42 Å². The van der Waals surface area contributed by atoms with Gasteiger partial charge >= 0.3 is 0 Å². The van der Waals surface area contributed by atoms with Crippen LogP contribution in [0.15, 0.2) is 59.2 Å². The second kappa shape index (κ2) is 6.32. The van der Waals surface area contributed by atoms with Gasteiger partial charge in [-0.15, -0.1) is 0 Å². The van der Waals surface area contributed by atoms with Gasteiger partial charge in [-0.05, 0) is 42.7 Å². The zero-order valence-electron chi connectivity index (χ0n) is 13.3. The lowest BCUT2D eigenvalue weighted by Gasteiger charge is -2.16. The Hall–Kier alpha value is -2.88. The average molecular weight is 318 g/mol. The Kier molecular flexibility index (Phi) is 3.87. The van der Waals surface area contributed by atoms with Crippen LogP contribution in [0.25, 0.3) is 11.5 Å². The summed E-state index contributed by atoms with van der Waals surface area (Å²) < 4.78 is 5.54. The van der Waals surface area contributed by atoms with E-state index < -0.39 is 0 Å². The summed E-state index contributed by atoms with van der Waals surface area (Å²) in [5.41, 5.74) is 4.75. The largest absolute Gasteiger partial charge is 0.444 e. The highest BCUT2D eigenvalue weighted by molar-refractivity contribution is 5.99. The van der Waals surface area contributed by atoms with E-state index in [1.54, 1.807) is 6.26 Å². The Morgan fingerprint density at radius 3 is 2.83 bits per heavy atom. The minimum atomic E-state index is 0.243. The molecule has 0 spiro atoms. The Balaban J connectivity index is 1.47. The van der Waals surface area contributed by atoms with Crippen LogP contribution in [-0.4, -0.2) is 10.8 Å². The molecular weight excluding hydrogens is 300 g/mol. The first-order chi connectivity index (χ1) is 11.8. The minimum absolute atomic E-state index is 0.243. The summed E-state index contributed by atoms with van der Waals surface area (Å²) in [6, 6.07) is 15.9. The highest BCUT2D eigenvalue weighted by Gasteiger charge is 2.17. The number of carbonyl (C=O) groups excluding carboxylic acids is 1. The maximum Gasteiger partial charge on any atom is 0.226 e. The molecule has 4 heteroatoms. The van der Waals surface area contributed by atoms with Gasteiger partial charge in [0.05, 0.1) is 12.2 Å². The molecule has 2 aromatic carbocycles. The van der Waals surface area contributed by atoms with Crippen LogP contribution in [0.5, 0.6) is 0 Å². The van der Waals surface area contributed by atoms with Crippen molar-refractivity contribution in [2.75, 3.05) is 5.32 Å². The van der Waals surface area contributed by atoms with E-state index in [9.17, 15) is 4.79 Å². The van der Waals surface area contributed by atoms with Crippen LogP contribution in [0.1, 0.15) is 34.5 Å². The predicted molar refractivity (Wildman–Crippen MR) is 93.0 cm³/mol. The number of nitrogens with one attached hydrogen (secondary N) is 1. The molecule has 0 amide bonds. The number of nitrogens with zero attached hydrogens (tertiary/aromatic N) is 1. The van der Waals surface area contributed by atoms with E-state index >= 15 is 0 Å². The number of fused-ring (bicyclic) bond motifs is 1. The molecule has 24 heavy (non-hydrogen) atoms. The molecule has 1 N–H and O–H groups in total. The first kappa shape index (κ1) is 14.7. The Bertz CT molecular complexity index is 868. The fourth-order valence-electron chi connectivity index (χ4n) is 3.03. The summed E-state index contributed by atoms with van der Waals surface area (Å²) >= 11 is 0. The number of rotatable bonds is 4. The van der Waals surface area contributed by atoms with E-state index in [1.807, 2.05) is 48.5 Å². The first-order valence-corrected chi connectivity index (χ1v) is 8.19. The molecule has 1 aromatic heterocycles. The number of ketones is 1. The third-order valence-corrected chi connectivity index (χ3v) is 4.31. The van der Waals surface area contributed by atoms with Gasteiger partial charge < -0.3 is 9.73 Å². The molecule has 4 nitrogen and oxygen atoms in total. The Labute approximate surface area is 140 Å². The molecule has 0 atom stereocenters. The van der Waals surface area contributed by atoms with E-state index in [2.05, 4.69) is 10.3 Å². The number of carbonyl (C=O) groups is 1. The SMILES string of the molecule is O=C1CCCc2ccc(NCc3coc(-c4ccccc4)n3)cc21. The van der Waals surface area contributed by atoms with Crippen LogP contribution < -0.4 is 5.32 Å². The molecule has 0 radical (unpaired) electrons. The zero-order chi connectivity index (χ0) is 16.4. The quantitative estimate of drug-likeness (QED) is 0.771. The van der Waals surface area contributed by atoms with Gasteiger partial charge in [0, 0.05) is 23.2 Å². The Morgan fingerprint density at radius 1 is 1.08 bits per heavy atom. The first-order valence-electron chi connectivity index (χ1n) is 8.19. The van der Waals surface area contributed by atoms with Gasteiger partial charge in [0.2, 0.25) is 5.89 Å². The second-order valence-corrected chi connectivity index (χ2v) is 6.01. The van der Waals surface area contributed by atoms with Crippen molar-refractivity contribution < 1.29 is 9.21 Å². The van der Waals surface area contributed by atoms with Crippen LogP contribution in [0.2, 0.25) is 0 Å². The molecule has 1 aliphatic rings. The molecule has 0 aliphatic heterocycles. The van der Waals surface area contributed by atoms with Crippen molar-refractivity contribution in [2.45, 2.75) is 25.8 Å². The average Bonchev–Trinajstić information content (AvgIpc) is 3.10. The molecule has 0 bridgehead atoms. The number of benzene rings is 2. The van der Waals surface area contributed by atoms with Crippen molar-refractivity contribution in [1.82, 2.24) is 4.98 Å². The van der Waals surface area contributed by atoms with Gasteiger partial charge in [0.15, 0.2) is 5.78 Å². The molecule has 0 saturated carbocycles. The number of Topliss-reactive ketones (excluding diaryl/α,β-unsaturated/α-hetero) is 1. The van der Waals surface area contributed by atoms with E-state index in [1.165, 1.54) is 0 Å². The molecule has 1 aliphatic carbocycles. The van der Waals surface area contributed by atoms with Crippen molar-refractivity contribution in [3.05, 3.63) is 71.6 Å². The maximum atomic E-state index is 12.0. The van der Waals surface area contributed by atoms with Crippen LogP contribution in [0, 0.1) is 0 Å². The maximum absolute atomic E-state index is 12.0. The fourth-order valence-corrected chi connectivity index (χ4v) is 3.03. The zero-order valence-corrected chi connectivity index (χ0v) is 13.3. The van der Waals surface area contributed by atoms with Crippen LogP contribution in [0.4, 0.5) is 5.69 Å².